The Kier molecular flexibility index (Phi) is 6.17. The van der Waals surface area contributed by atoms with E-state index in [1.54, 1.807) is 0 Å². The van der Waals surface area contributed by atoms with E-state index in [0.717, 1.165) is 12.0 Å². The highest BCUT2D eigenvalue weighted by atomic mass is 16.5. The molecule has 10 nitrogen and oxygen atoms in total. The third-order valence-electron chi connectivity index (χ3n) is 4.78. The van der Waals surface area contributed by atoms with Crippen molar-refractivity contribution < 1.29 is 33.1 Å². The number of nitrogens with one attached hydrogen (secondary N) is 1. The Balaban J connectivity index is 1.85. The van der Waals surface area contributed by atoms with Crippen LogP contribution in [0.15, 0.2) is 22.6 Å². The molecule has 160 valence electrons. The van der Waals surface area contributed by atoms with Crippen molar-refractivity contribution >= 4 is 29.6 Å². The standard InChI is InChI=1S/C21H19N3O7/c1-11-16(21(28)30-3)15(10-22)18(31-11)23-17(25)12-5-6-13-14(9-12)20(27)24(19(13)26)7-4-8-29-2/h5-6,9H,4,7-8H2,1-3H3,(H,23,25). The van der Waals surface area contributed by atoms with Crippen LogP contribution in [0.25, 0.3) is 0 Å². The van der Waals surface area contributed by atoms with Gasteiger partial charge >= 0.3 is 5.97 Å². The second kappa shape index (κ2) is 8.81. The number of esters is 1. The lowest BCUT2D eigenvalue weighted by Crippen LogP contribution is -2.31. The van der Waals surface area contributed by atoms with Crippen LogP contribution in [0.1, 0.15) is 59.2 Å². The SMILES string of the molecule is COCCCN1C(=O)c2ccc(C(=O)Nc3oc(C)c(C(=O)OC)c3C#N)cc2C1=O. The molecule has 3 amide bonds. The molecule has 10 heteroatoms. The molecule has 0 saturated carbocycles. The Morgan fingerprint density at radius 3 is 2.55 bits per heavy atom. The largest absolute Gasteiger partial charge is 0.465 e. The Labute approximate surface area is 177 Å². The van der Waals surface area contributed by atoms with E-state index in [1.165, 1.54) is 32.2 Å². The number of benzene rings is 1. The normalized spacial score (nSPS) is 12.5. The van der Waals surface area contributed by atoms with Crippen LogP contribution >= 0.6 is 0 Å². The number of imide groups is 1. The van der Waals surface area contributed by atoms with Gasteiger partial charge in [0.25, 0.3) is 17.7 Å². The molecular weight excluding hydrogens is 406 g/mol. The molecule has 0 aliphatic carbocycles. The van der Waals surface area contributed by atoms with Crippen molar-refractivity contribution in [3.63, 3.8) is 0 Å². The van der Waals surface area contributed by atoms with E-state index in [1.807, 2.05) is 6.07 Å². The third-order valence-corrected chi connectivity index (χ3v) is 4.78. The van der Waals surface area contributed by atoms with Gasteiger partial charge in [0.15, 0.2) is 0 Å². The molecule has 0 fully saturated rings. The molecule has 1 aromatic carbocycles. The molecule has 3 rings (SSSR count). The van der Waals surface area contributed by atoms with E-state index in [0.29, 0.717) is 13.0 Å². The van der Waals surface area contributed by atoms with Crippen LogP contribution in [-0.4, -0.2) is 56.0 Å². The second-order valence-corrected chi connectivity index (χ2v) is 6.66. The fourth-order valence-corrected chi connectivity index (χ4v) is 3.26. The lowest BCUT2D eigenvalue weighted by molar-refractivity contribution is 0.0595. The summed E-state index contributed by atoms with van der Waals surface area (Å²) in [5.74, 6) is -2.48. The fraction of sp³-hybridized carbons (Fsp3) is 0.286. The van der Waals surface area contributed by atoms with Crippen LogP contribution in [0.5, 0.6) is 0 Å². The summed E-state index contributed by atoms with van der Waals surface area (Å²) in [6.45, 7) is 2.06. The van der Waals surface area contributed by atoms with Gasteiger partial charge in [0.1, 0.15) is 23.0 Å². The average Bonchev–Trinajstić information content (AvgIpc) is 3.20. The number of ether oxygens (including phenoxy) is 2. The van der Waals surface area contributed by atoms with Gasteiger partial charge in [-0.2, -0.15) is 5.26 Å². The number of carbonyl (C=O) groups is 4. The number of carbonyl (C=O) groups excluding carboxylic acids is 4. The molecule has 0 atom stereocenters. The molecule has 1 aromatic heterocycles. The van der Waals surface area contributed by atoms with Gasteiger partial charge in [0, 0.05) is 25.8 Å². The topological polar surface area (TPSA) is 139 Å². The van der Waals surface area contributed by atoms with Gasteiger partial charge < -0.3 is 13.9 Å². The van der Waals surface area contributed by atoms with Gasteiger partial charge in [-0.05, 0) is 31.5 Å². The highest BCUT2D eigenvalue weighted by molar-refractivity contribution is 6.22. The summed E-state index contributed by atoms with van der Waals surface area (Å²) in [5.41, 5.74) is 0.146. The van der Waals surface area contributed by atoms with E-state index in [2.05, 4.69) is 10.1 Å². The summed E-state index contributed by atoms with van der Waals surface area (Å²) >= 11 is 0. The number of methoxy groups -OCH3 is 2. The fourth-order valence-electron chi connectivity index (χ4n) is 3.26. The number of hydrogen-bond donors (Lipinski definition) is 1. The Hall–Kier alpha value is -3.97. The first-order valence-corrected chi connectivity index (χ1v) is 9.26. The van der Waals surface area contributed by atoms with E-state index in [9.17, 15) is 24.4 Å². The number of fused-ring (bicyclic) bond motifs is 1. The van der Waals surface area contributed by atoms with Crippen molar-refractivity contribution in [2.45, 2.75) is 13.3 Å². The molecule has 1 aliphatic rings. The van der Waals surface area contributed by atoms with Crippen LogP contribution < -0.4 is 5.32 Å². The smallest absolute Gasteiger partial charge is 0.342 e. The summed E-state index contributed by atoms with van der Waals surface area (Å²) in [4.78, 5) is 50.8. The molecule has 1 aliphatic heterocycles. The number of rotatable bonds is 7. The van der Waals surface area contributed by atoms with Gasteiger partial charge in [-0.3, -0.25) is 24.6 Å². The predicted octanol–water partition coefficient (Wildman–Crippen LogP) is 2.13. The van der Waals surface area contributed by atoms with Crippen LogP contribution in [0, 0.1) is 18.3 Å². The van der Waals surface area contributed by atoms with Gasteiger partial charge in [-0.1, -0.05) is 0 Å². The first-order chi connectivity index (χ1) is 14.8. The van der Waals surface area contributed by atoms with Crippen LogP contribution in [0.3, 0.4) is 0 Å². The molecular formula is C21H19N3O7. The maximum atomic E-state index is 12.7. The molecule has 2 heterocycles. The van der Waals surface area contributed by atoms with E-state index < -0.39 is 23.7 Å². The number of furan rings is 1. The number of nitriles is 1. The van der Waals surface area contributed by atoms with Crippen molar-refractivity contribution in [1.82, 2.24) is 4.90 Å². The quantitative estimate of drug-likeness (QED) is 0.404. The van der Waals surface area contributed by atoms with Crippen molar-refractivity contribution in [3.05, 3.63) is 51.8 Å². The minimum absolute atomic E-state index is 0.0798. The van der Waals surface area contributed by atoms with Crippen LogP contribution in [-0.2, 0) is 9.47 Å². The number of aryl methyl sites for hydroxylation is 1. The van der Waals surface area contributed by atoms with Crippen LogP contribution in [0.4, 0.5) is 5.88 Å². The zero-order valence-electron chi connectivity index (χ0n) is 17.1. The molecule has 31 heavy (non-hydrogen) atoms. The van der Waals surface area contributed by atoms with E-state index in [-0.39, 0.29) is 46.0 Å². The number of nitrogens with zero attached hydrogens (tertiary/aromatic N) is 2. The molecule has 0 unspecified atom stereocenters. The van der Waals surface area contributed by atoms with Gasteiger partial charge in [0.05, 0.1) is 18.2 Å². The lowest BCUT2D eigenvalue weighted by Gasteiger charge is -2.12. The summed E-state index contributed by atoms with van der Waals surface area (Å²) in [6.07, 6.45) is 0.493. The zero-order valence-corrected chi connectivity index (χ0v) is 17.1. The minimum atomic E-state index is -0.770. The molecule has 2 aromatic rings. The van der Waals surface area contributed by atoms with E-state index >= 15 is 0 Å². The average molecular weight is 425 g/mol. The molecule has 0 saturated heterocycles. The first-order valence-electron chi connectivity index (χ1n) is 9.26. The maximum absolute atomic E-state index is 12.7. The number of amides is 3. The first kappa shape index (κ1) is 21.7. The predicted molar refractivity (Wildman–Crippen MR) is 106 cm³/mol. The number of anilines is 1. The van der Waals surface area contributed by atoms with Crippen molar-refractivity contribution in [1.29, 1.82) is 5.26 Å². The summed E-state index contributed by atoms with van der Waals surface area (Å²) in [6, 6.07) is 5.92. The van der Waals surface area contributed by atoms with E-state index in [4.69, 9.17) is 9.15 Å². The monoisotopic (exact) mass is 425 g/mol. The maximum Gasteiger partial charge on any atom is 0.342 e. The highest BCUT2D eigenvalue weighted by Crippen LogP contribution is 2.28. The second-order valence-electron chi connectivity index (χ2n) is 6.66. The summed E-state index contributed by atoms with van der Waals surface area (Å²) in [5, 5.41) is 11.8. The minimum Gasteiger partial charge on any atom is -0.465 e. The van der Waals surface area contributed by atoms with Gasteiger partial charge in [-0.25, -0.2) is 4.79 Å². The lowest BCUT2D eigenvalue weighted by atomic mass is 10.1. The summed E-state index contributed by atoms with van der Waals surface area (Å²) in [7, 11) is 2.69. The van der Waals surface area contributed by atoms with Crippen molar-refractivity contribution in [2.24, 2.45) is 0 Å². The Bertz CT molecular complexity index is 1130. The number of hydrogen-bond acceptors (Lipinski definition) is 8. The summed E-state index contributed by atoms with van der Waals surface area (Å²) < 4.78 is 14.9. The van der Waals surface area contributed by atoms with Crippen molar-refractivity contribution in [2.75, 3.05) is 32.7 Å². The molecule has 1 N–H and O–H groups in total. The highest BCUT2D eigenvalue weighted by Gasteiger charge is 2.35. The third kappa shape index (κ3) is 3.91. The molecule has 0 bridgehead atoms. The van der Waals surface area contributed by atoms with Crippen LogP contribution in [0.2, 0.25) is 0 Å². The van der Waals surface area contributed by atoms with Gasteiger partial charge in [0.2, 0.25) is 5.88 Å². The molecule has 0 spiro atoms. The Morgan fingerprint density at radius 1 is 1.19 bits per heavy atom. The Morgan fingerprint density at radius 2 is 1.90 bits per heavy atom. The van der Waals surface area contributed by atoms with Gasteiger partial charge in [-0.15, -0.1) is 0 Å². The van der Waals surface area contributed by atoms with Crippen molar-refractivity contribution in [3.8, 4) is 6.07 Å². The zero-order chi connectivity index (χ0) is 22.7. The molecule has 0 radical (unpaired) electrons.